The van der Waals surface area contributed by atoms with Crippen LogP contribution in [0.15, 0.2) is 72.8 Å². The number of amides is 2. The first-order valence-electron chi connectivity index (χ1n) is 11.6. The van der Waals surface area contributed by atoms with Gasteiger partial charge in [-0.1, -0.05) is 48.5 Å². The number of rotatable bonds is 11. The van der Waals surface area contributed by atoms with Crippen molar-refractivity contribution in [2.45, 2.75) is 25.9 Å². The maximum atomic E-state index is 13.1. The number of methoxy groups -OCH3 is 2. The number of carbonyl (C=O) groups is 3. The van der Waals surface area contributed by atoms with Crippen molar-refractivity contribution in [1.29, 1.82) is 0 Å². The summed E-state index contributed by atoms with van der Waals surface area (Å²) in [5.74, 6) is -0.659. The Morgan fingerprint density at radius 1 is 0.778 bits per heavy atom. The second-order valence-electron chi connectivity index (χ2n) is 7.88. The first-order chi connectivity index (χ1) is 17.5. The average molecular weight is 491 g/mol. The lowest BCUT2D eigenvalue weighted by Crippen LogP contribution is -2.43. The van der Waals surface area contributed by atoms with E-state index in [4.69, 9.17) is 14.2 Å². The summed E-state index contributed by atoms with van der Waals surface area (Å²) in [7, 11) is 2.90. The van der Waals surface area contributed by atoms with E-state index in [2.05, 4.69) is 10.6 Å². The predicted octanol–water partition coefficient (Wildman–Crippen LogP) is 3.54. The number of esters is 1. The van der Waals surface area contributed by atoms with E-state index in [0.29, 0.717) is 23.6 Å². The molecule has 0 bridgehead atoms. The molecule has 188 valence electrons. The Bertz CT molecular complexity index is 1160. The molecule has 2 amide bonds. The van der Waals surface area contributed by atoms with Gasteiger partial charge in [-0.3, -0.25) is 9.59 Å². The minimum Gasteiger partial charge on any atom is -0.496 e. The molecule has 0 radical (unpaired) electrons. The van der Waals surface area contributed by atoms with Crippen molar-refractivity contribution >= 4 is 17.8 Å². The summed E-state index contributed by atoms with van der Waals surface area (Å²) >= 11 is 0. The zero-order valence-electron chi connectivity index (χ0n) is 20.6. The highest BCUT2D eigenvalue weighted by Gasteiger charge is 2.26. The monoisotopic (exact) mass is 490 g/mol. The number of ether oxygens (including phenoxy) is 3. The molecule has 8 heteroatoms. The summed E-state index contributed by atoms with van der Waals surface area (Å²) in [5.41, 5.74) is 2.43. The molecule has 0 saturated carbocycles. The molecule has 0 heterocycles. The Kier molecular flexibility index (Phi) is 9.45. The normalized spacial score (nSPS) is 11.2. The van der Waals surface area contributed by atoms with E-state index >= 15 is 0 Å². The minimum atomic E-state index is -0.954. The molecule has 0 saturated heterocycles. The van der Waals surface area contributed by atoms with E-state index in [9.17, 15) is 14.4 Å². The molecular formula is C28H30N2O6. The highest BCUT2D eigenvalue weighted by molar-refractivity contribution is 6.01. The number of benzene rings is 3. The predicted molar refractivity (Wildman–Crippen MR) is 135 cm³/mol. The Morgan fingerprint density at radius 2 is 1.42 bits per heavy atom. The molecule has 0 unspecified atom stereocenters. The van der Waals surface area contributed by atoms with Crippen LogP contribution in [0.25, 0.3) is 0 Å². The van der Waals surface area contributed by atoms with Gasteiger partial charge in [0, 0.05) is 18.5 Å². The minimum absolute atomic E-state index is 0.170. The second kappa shape index (κ2) is 12.9. The lowest BCUT2D eigenvalue weighted by atomic mass is 10.0. The van der Waals surface area contributed by atoms with Crippen LogP contribution in [0.1, 0.15) is 38.8 Å². The standard InChI is InChI=1S/C28H30N2O6/c1-4-36-28(33)22(30-27(32)25-23(34-2)11-8-12-24(25)35-3)17-19-13-15-21(16-14-19)26(31)29-18-20-9-6-5-7-10-20/h5-16,22H,4,17-18H2,1-3H3,(H,29,31)(H,30,32)/t22-/m0/s1. The van der Waals surface area contributed by atoms with Crippen molar-refractivity contribution in [2.75, 3.05) is 20.8 Å². The van der Waals surface area contributed by atoms with Gasteiger partial charge in [-0.2, -0.15) is 0 Å². The van der Waals surface area contributed by atoms with Gasteiger partial charge in [-0.25, -0.2) is 4.79 Å². The summed E-state index contributed by atoms with van der Waals surface area (Å²) in [6.45, 7) is 2.29. The van der Waals surface area contributed by atoms with E-state index in [1.807, 2.05) is 30.3 Å². The van der Waals surface area contributed by atoms with Crippen LogP contribution in [0.5, 0.6) is 11.5 Å². The first kappa shape index (κ1) is 26.3. The van der Waals surface area contributed by atoms with E-state index in [1.54, 1.807) is 49.4 Å². The molecule has 3 aromatic carbocycles. The van der Waals surface area contributed by atoms with E-state index in [1.165, 1.54) is 14.2 Å². The average Bonchev–Trinajstić information content (AvgIpc) is 2.91. The van der Waals surface area contributed by atoms with Crippen LogP contribution < -0.4 is 20.1 Å². The van der Waals surface area contributed by atoms with E-state index < -0.39 is 17.9 Å². The van der Waals surface area contributed by atoms with Gasteiger partial charge in [0.1, 0.15) is 23.1 Å². The van der Waals surface area contributed by atoms with Crippen molar-refractivity contribution < 1.29 is 28.6 Å². The fourth-order valence-corrected chi connectivity index (χ4v) is 3.65. The third-order valence-electron chi connectivity index (χ3n) is 5.48. The molecule has 0 aliphatic carbocycles. The van der Waals surface area contributed by atoms with Gasteiger partial charge in [0.05, 0.1) is 20.8 Å². The molecule has 0 aliphatic rings. The van der Waals surface area contributed by atoms with Crippen LogP contribution in [-0.2, 0) is 22.5 Å². The summed E-state index contributed by atoms with van der Waals surface area (Å²) in [6, 6.07) is 20.5. The molecule has 36 heavy (non-hydrogen) atoms. The molecule has 0 aromatic heterocycles. The van der Waals surface area contributed by atoms with Crippen LogP contribution >= 0.6 is 0 Å². The van der Waals surface area contributed by atoms with Crippen LogP contribution in [0.3, 0.4) is 0 Å². The maximum Gasteiger partial charge on any atom is 0.328 e. The SMILES string of the molecule is CCOC(=O)[C@H](Cc1ccc(C(=O)NCc2ccccc2)cc1)NC(=O)c1c(OC)cccc1OC. The summed E-state index contributed by atoms with van der Waals surface area (Å²) in [5, 5.41) is 5.62. The van der Waals surface area contributed by atoms with Gasteiger partial charge in [0.15, 0.2) is 0 Å². The highest BCUT2D eigenvalue weighted by Crippen LogP contribution is 2.28. The Labute approximate surface area is 210 Å². The van der Waals surface area contributed by atoms with Crippen LogP contribution in [0.4, 0.5) is 0 Å². The molecule has 0 fully saturated rings. The number of hydrogen-bond donors (Lipinski definition) is 2. The zero-order chi connectivity index (χ0) is 25.9. The molecule has 8 nitrogen and oxygen atoms in total. The quantitative estimate of drug-likeness (QED) is 0.399. The number of hydrogen-bond acceptors (Lipinski definition) is 6. The molecule has 0 spiro atoms. The summed E-state index contributed by atoms with van der Waals surface area (Å²) in [4.78, 5) is 38.3. The lowest BCUT2D eigenvalue weighted by Gasteiger charge is -2.19. The molecule has 3 aromatic rings. The first-order valence-corrected chi connectivity index (χ1v) is 11.6. The number of carbonyl (C=O) groups excluding carboxylic acids is 3. The van der Waals surface area contributed by atoms with Crippen molar-refractivity contribution in [3.05, 3.63) is 95.1 Å². The van der Waals surface area contributed by atoms with Crippen LogP contribution in [-0.4, -0.2) is 44.7 Å². The Morgan fingerprint density at radius 3 is 2.00 bits per heavy atom. The Balaban J connectivity index is 1.71. The third kappa shape index (κ3) is 6.85. The second-order valence-corrected chi connectivity index (χ2v) is 7.88. The third-order valence-corrected chi connectivity index (χ3v) is 5.48. The molecule has 3 rings (SSSR count). The van der Waals surface area contributed by atoms with Crippen molar-refractivity contribution in [3.8, 4) is 11.5 Å². The smallest absolute Gasteiger partial charge is 0.328 e. The van der Waals surface area contributed by atoms with Crippen molar-refractivity contribution in [1.82, 2.24) is 10.6 Å². The lowest BCUT2D eigenvalue weighted by molar-refractivity contribution is -0.145. The largest absolute Gasteiger partial charge is 0.496 e. The van der Waals surface area contributed by atoms with Crippen LogP contribution in [0, 0.1) is 0 Å². The van der Waals surface area contributed by atoms with Gasteiger partial charge >= 0.3 is 5.97 Å². The van der Waals surface area contributed by atoms with Crippen molar-refractivity contribution in [3.63, 3.8) is 0 Å². The van der Waals surface area contributed by atoms with Crippen LogP contribution in [0.2, 0.25) is 0 Å². The van der Waals surface area contributed by atoms with Gasteiger partial charge in [-0.15, -0.1) is 0 Å². The Hall–Kier alpha value is -4.33. The summed E-state index contributed by atoms with van der Waals surface area (Å²) in [6.07, 6.45) is 0.175. The fourth-order valence-electron chi connectivity index (χ4n) is 3.65. The molecular weight excluding hydrogens is 460 g/mol. The molecule has 1 atom stereocenters. The fraction of sp³-hybridized carbons (Fsp3) is 0.250. The highest BCUT2D eigenvalue weighted by atomic mass is 16.5. The van der Waals surface area contributed by atoms with E-state index in [0.717, 1.165) is 11.1 Å². The van der Waals surface area contributed by atoms with Gasteiger partial charge in [-0.05, 0) is 42.3 Å². The van der Waals surface area contributed by atoms with Gasteiger partial charge < -0.3 is 24.8 Å². The maximum absolute atomic E-state index is 13.1. The number of nitrogens with one attached hydrogen (secondary N) is 2. The zero-order valence-corrected chi connectivity index (χ0v) is 20.6. The topological polar surface area (TPSA) is 103 Å². The molecule has 0 aliphatic heterocycles. The van der Waals surface area contributed by atoms with Gasteiger partial charge in [0.25, 0.3) is 11.8 Å². The summed E-state index contributed by atoms with van der Waals surface area (Å²) < 4.78 is 15.8. The van der Waals surface area contributed by atoms with Crippen molar-refractivity contribution in [2.24, 2.45) is 0 Å². The van der Waals surface area contributed by atoms with E-state index in [-0.39, 0.29) is 24.5 Å². The molecule has 2 N–H and O–H groups in total. The van der Waals surface area contributed by atoms with Gasteiger partial charge in [0.2, 0.25) is 0 Å².